The zero-order valence-corrected chi connectivity index (χ0v) is 15.4. The summed E-state index contributed by atoms with van der Waals surface area (Å²) in [7, 11) is 1.94. The quantitative estimate of drug-likeness (QED) is 0.920. The zero-order valence-electron chi connectivity index (χ0n) is 14.6. The molecule has 1 N–H and O–H groups in total. The van der Waals surface area contributed by atoms with Crippen molar-refractivity contribution in [2.24, 2.45) is 7.05 Å². The predicted molar refractivity (Wildman–Crippen MR) is 96.6 cm³/mol. The summed E-state index contributed by atoms with van der Waals surface area (Å²) < 4.78 is 1.84. The number of nitrogens with one attached hydrogen (secondary N) is 1. The molecule has 24 heavy (non-hydrogen) atoms. The minimum absolute atomic E-state index is 0.00994. The van der Waals surface area contributed by atoms with Crippen molar-refractivity contribution in [2.75, 3.05) is 18.4 Å². The molecule has 3 heterocycles. The van der Waals surface area contributed by atoms with E-state index in [1.165, 1.54) is 0 Å². The first-order valence-corrected chi connectivity index (χ1v) is 9.40. The summed E-state index contributed by atoms with van der Waals surface area (Å²) >= 11 is 1.59. The highest BCUT2D eigenvalue weighted by Crippen LogP contribution is 2.28. The smallest absolute Gasteiger partial charge is 0.322 e. The summed E-state index contributed by atoms with van der Waals surface area (Å²) in [6.07, 6.45) is 5.95. The first-order chi connectivity index (χ1) is 11.6. The summed E-state index contributed by atoms with van der Waals surface area (Å²) in [6.45, 7) is 5.64. The monoisotopic (exact) mass is 347 g/mol. The number of rotatable bonds is 4. The Morgan fingerprint density at radius 3 is 2.79 bits per heavy atom. The van der Waals surface area contributed by atoms with E-state index in [2.05, 4.69) is 28.4 Å². The molecule has 6 nitrogen and oxygen atoms in total. The highest BCUT2D eigenvalue weighted by atomic mass is 32.1. The number of aromatic nitrogens is 3. The number of anilines is 1. The highest BCUT2D eigenvalue weighted by Gasteiger charge is 2.25. The fourth-order valence-corrected chi connectivity index (χ4v) is 4.15. The van der Waals surface area contributed by atoms with E-state index in [9.17, 15) is 4.79 Å². The minimum atomic E-state index is -0.00994. The van der Waals surface area contributed by atoms with Gasteiger partial charge in [-0.05, 0) is 38.7 Å². The molecule has 3 rings (SSSR count). The highest BCUT2D eigenvalue weighted by molar-refractivity contribution is 7.16. The molecule has 0 aromatic carbocycles. The lowest BCUT2D eigenvalue weighted by Gasteiger charge is -2.31. The van der Waals surface area contributed by atoms with Crippen molar-refractivity contribution in [1.82, 2.24) is 19.7 Å². The lowest BCUT2D eigenvalue weighted by molar-refractivity contribution is 0.194. The van der Waals surface area contributed by atoms with Gasteiger partial charge in [0.2, 0.25) is 0 Å². The van der Waals surface area contributed by atoms with E-state index in [1.807, 2.05) is 29.7 Å². The summed E-state index contributed by atoms with van der Waals surface area (Å²) in [5.74, 6) is 0.455. The molecule has 1 aliphatic heterocycles. The van der Waals surface area contributed by atoms with Gasteiger partial charge in [-0.15, -0.1) is 11.3 Å². The maximum Gasteiger partial charge on any atom is 0.322 e. The Morgan fingerprint density at radius 2 is 2.17 bits per heavy atom. The Bertz CT molecular complexity index is 700. The Balaban J connectivity index is 1.55. The van der Waals surface area contributed by atoms with Crippen LogP contribution < -0.4 is 5.32 Å². The van der Waals surface area contributed by atoms with Crippen LogP contribution in [0.1, 0.15) is 48.5 Å². The van der Waals surface area contributed by atoms with Crippen LogP contribution in [-0.4, -0.2) is 38.8 Å². The number of nitrogens with zero attached hydrogens (tertiary/aromatic N) is 4. The SMILES string of the molecule is CCCc1nc(C)c(NC(=O)N2CCC(c3ccn(C)n3)CC2)s1. The first kappa shape index (κ1) is 17.0. The lowest BCUT2D eigenvalue weighted by Crippen LogP contribution is -2.40. The number of amides is 2. The van der Waals surface area contributed by atoms with E-state index in [0.29, 0.717) is 5.92 Å². The number of hydrogen-bond acceptors (Lipinski definition) is 4. The number of carbonyl (C=O) groups is 1. The maximum absolute atomic E-state index is 12.5. The minimum Gasteiger partial charge on any atom is -0.324 e. The van der Waals surface area contributed by atoms with Crippen LogP contribution in [0.5, 0.6) is 0 Å². The normalized spacial score (nSPS) is 15.7. The van der Waals surface area contributed by atoms with E-state index in [4.69, 9.17) is 0 Å². The molecule has 2 aromatic heterocycles. The average Bonchev–Trinajstić information content (AvgIpc) is 3.14. The second-order valence-electron chi connectivity index (χ2n) is 6.38. The first-order valence-electron chi connectivity index (χ1n) is 8.58. The zero-order chi connectivity index (χ0) is 17.1. The molecule has 1 aliphatic rings. The lowest BCUT2D eigenvalue weighted by atomic mass is 9.94. The van der Waals surface area contributed by atoms with Crippen LogP contribution in [0.3, 0.4) is 0 Å². The largest absolute Gasteiger partial charge is 0.324 e. The Kier molecular flexibility index (Phi) is 5.18. The van der Waals surface area contributed by atoms with Crippen LogP contribution in [0.25, 0.3) is 0 Å². The fourth-order valence-electron chi connectivity index (χ4n) is 3.09. The van der Waals surface area contributed by atoms with Crippen LogP contribution in [0.2, 0.25) is 0 Å². The molecule has 0 bridgehead atoms. The van der Waals surface area contributed by atoms with E-state index in [0.717, 1.165) is 60.2 Å². The molecule has 7 heteroatoms. The van der Waals surface area contributed by atoms with Crippen LogP contribution in [-0.2, 0) is 13.5 Å². The molecule has 1 fully saturated rings. The molecule has 0 atom stereocenters. The number of carbonyl (C=O) groups excluding carboxylic acids is 1. The Labute approximate surface area is 146 Å². The number of aryl methyl sites for hydroxylation is 3. The Morgan fingerprint density at radius 1 is 1.42 bits per heavy atom. The van der Waals surface area contributed by atoms with Crippen LogP contribution in [0.15, 0.2) is 12.3 Å². The summed E-state index contributed by atoms with van der Waals surface area (Å²) in [6, 6.07) is 2.07. The predicted octanol–water partition coefficient (Wildman–Crippen LogP) is 3.55. The van der Waals surface area contributed by atoms with Crippen molar-refractivity contribution in [3.05, 3.63) is 28.7 Å². The second-order valence-corrected chi connectivity index (χ2v) is 7.46. The number of piperidine rings is 1. The van der Waals surface area contributed by atoms with Gasteiger partial charge in [0.25, 0.3) is 0 Å². The van der Waals surface area contributed by atoms with Gasteiger partial charge in [-0.1, -0.05) is 6.92 Å². The standard InChI is InChI=1S/C17H25N5OS/c1-4-5-15-18-12(2)16(24-15)19-17(23)22-10-6-13(7-11-22)14-8-9-21(3)20-14/h8-9,13H,4-7,10-11H2,1-3H3,(H,19,23). The van der Waals surface area contributed by atoms with Crippen molar-refractivity contribution >= 4 is 22.4 Å². The van der Waals surface area contributed by atoms with Crippen LogP contribution in [0, 0.1) is 6.92 Å². The van der Waals surface area contributed by atoms with E-state index in [-0.39, 0.29) is 6.03 Å². The van der Waals surface area contributed by atoms with Gasteiger partial charge in [0.1, 0.15) is 5.00 Å². The molecule has 0 unspecified atom stereocenters. The number of likely N-dealkylation sites (tertiary alicyclic amines) is 1. The molecule has 2 amide bonds. The average molecular weight is 347 g/mol. The van der Waals surface area contributed by atoms with Crippen molar-refractivity contribution in [3.63, 3.8) is 0 Å². The van der Waals surface area contributed by atoms with E-state index in [1.54, 1.807) is 11.3 Å². The molecule has 0 aliphatic carbocycles. The van der Waals surface area contributed by atoms with Crippen LogP contribution in [0.4, 0.5) is 9.80 Å². The van der Waals surface area contributed by atoms with Gasteiger partial charge in [0, 0.05) is 32.3 Å². The topological polar surface area (TPSA) is 63.1 Å². The summed E-state index contributed by atoms with van der Waals surface area (Å²) in [5, 5.41) is 9.52. The van der Waals surface area contributed by atoms with E-state index < -0.39 is 0 Å². The third kappa shape index (κ3) is 3.77. The van der Waals surface area contributed by atoms with Gasteiger partial charge in [0.05, 0.1) is 16.4 Å². The number of urea groups is 1. The summed E-state index contributed by atoms with van der Waals surface area (Å²) in [5.41, 5.74) is 2.06. The van der Waals surface area contributed by atoms with Crippen molar-refractivity contribution in [2.45, 2.75) is 45.4 Å². The van der Waals surface area contributed by atoms with Crippen molar-refractivity contribution < 1.29 is 4.79 Å². The van der Waals surface area contributed by atoms with E-state index >= 15 is 0 Å². The fraction of sp³-hybridized carbons (Fsp3) is 0.588. The number of hydrogen-bond donors (Lipinski definition) is 1. The molecular formula is C17H25N5OS. The van der Waals surface area contributed by atoms with Gasteiger partial charge >= 0.3 is 6.03 Å². The van der Waals surface area contributed by atoms with Crippen LogP contribution >= 0.6 is 11.3 Å². The second kappa shape index (κ2) is 7.34. The van der Waals surface area contributed by atoms with Gasteiger partial charge < -0.3 is 4.90 Å². The number of thiazole rings is 1. The third-order valence-electron chi connectivity index (χ3n) is 4.46. The molecule has 130 valence electrons. The van der Waals surface area contributed by atoms with Crippen molar-refractivity contribution in [1.29, 1.82) is 0 Å². The Hall–Kier alpha value is -1.89. The van der Waals surface area contributed by atoms with Gasteiger partial charge in [-0.3, -0.25) is 10.00 Å². The van der Waals surface area contributed by atoms with Gasteiger partial charge in [0.15, 0.2) is 0 Å². The molecule has 0 saturated carbocycles. The molecule has 0 radical (unpaired) electrons. The molecule has 1 saturated heterocycles. The van der Waals surface area contributed by atoms with Gasteiger partial charge in [-0.25, -0.2) is 9.78 Å². The maximum atomic E-state index is 12.5. The third-order valence-corrected chi connectivity index (χ3v) is 5.59. The summed E-state index contributed by atoms with van der Waals surface area (Å²) in [4.78, 5) is 18.9. The molecular weight excluding hydrogens is 322 g/mol. The molecule has 0 spiro atoms. The molecule has 2 aromatic rings. The van der Waals surface area contributed by atoms with Gasteiger partial charge in [-0.2, -0.15) is 5.10 Å². The van der Waals surface area contributed by atoms with Crippen molar-refractivity contribution in [3.8, 4) is 0 Å².